The van der Waals surface area contributed by atoms with Crippen LogP contribution in [0.4, 0.5) is 0 Å². The van der Waals surface area contributed by atoms with Gasteiger partial charge in [-0.3, -0.25) is 0 Å². The van der Waals surface area contributed by atoms with Crippen molar-refractivity contribution in [2.24, 2.45) is 0 Å². The summed E-state index contributed by atoms with van der Waals surface area (Å²) < 4.78 is 5.04. The standard InChI is InChI=1S/C8H6NOS/c1-4-11-6-7(1)5-8-9-2-3-10-8/h1-6H. The van der Waals surface area contributed by atoms with Crippen molar-refractivity contribution >= 4 is 11.3 Å². The highest BCUT2D eigenvalue weighted by atomic mass is 32.1. The normalized spacial score (nSPS) is 10.2. The first-order valence-corrected chi connectivity index (χ1v) is 4.16. The number of aromatic nitrogens is 1. The Morgan fingerprint density at radius 2 is 2.55 bits per heavy atom. The van der Waals surface area contributed by atoms with Crippen LogP contribution in [0.3, 0.4) is 0 Å². The fourth-order valence-corrected chi connectivity index (χ4v) is 1.42. The molecule has 2 heterocycles. The minimum Gasteiger partial charge on any atom is -0.448 e. The Bertz CT molecular complexity index is 266. The van der Waals surface area contributed by atoms with Crippen molar-refractivity contribution in [3.63, 3.8) is 0 Å². The molecular formula is C8H6NOS. The number of oxazole rings is 1. The second-order valence-electron chi connectivity index (χ2n) is 2.07. The minimum absolute atomic E-state index is 0.656. The highest BCUT2D eigenvalue weighted by Crippen LogP contribution is 2.12. The average Bonchev–Trinajstić information content (AvgIpc) is 2.60. The number of hydrogen-bond acceptors (Lipinski definition) is 3. The Morgan fingerprint density at radius 3 is 3.18 bits per heavy atom. The summed E-state index contributed by atoms with van der Waals surface area (Å²) in [5.41, 5.74) is 1.14. The largest absolute Gasteiger partial charge is 0.448 e. The monoisotopic (exact) mass is 164 g/mol. The molecular weight excluding hydrogens is 158 g/mol. The Balaban J connectivity index is 2.14. The third-order valence-corrected chi connectivity index (χ3v) is 1.99. The van der Waals surface area contributed by atoms with Crippen molar-refractivity contribution in [3.8, 4) is 0 Å². The first-order chi connectivity index (χ1) is 5.45. The average molecular weight is 164 g/mol. The van der Waals surface area contributed by atoms with E-state index in [1.807, 2.05) is 23.2 Å². The Labute approximate surface area is 68.5 Å². The quantitative estimate of drug-likeness (QED) is 0.680. The van der Waals surface area contributed by atoms with Gasteiger partial charge in [-0.15, -0.1) is 0 Å². The van der Waals surface area contributed by atoms with E-state index in [2.05, 4.69) is 4.98 Å². The molecule has 0 aliphatic heterocycles. The van der Waals surface area contributed by atoms with Crippen LogP contribution in [0.2, 0.25) is 0 Å². The Morgan fingerprint density at radius 1 is 1.55 bits per heavy atom. The van der Waals surface area contributed by atoms with Gasteiger partial charge < -0.3 is 4.42 Å². The maximum atomic E-state index is 5.04. The molecule has 0 atom stereocenters. The molecule has 55 valence electrons. The third-order valence-electron chi connectivity index (χ3n) is 1.28. The highest BCUT2D eigenvalue weighted by molar-refractivity contribution is 7.08. The minimum atomic E-state index is 0.656. The van der Waals surface area contributed by atoms with Gasteiger partial charge in [0.05, 0.1) is 12.6 Å². The molecule has 0 aromatic carbocycles. The van der Waals surface area contributed by atoms with E-state index in [-0.39, 0.29) is 0 Å². The van der Waals surface area contributed by atoms with Crippen molar-refractivity contribution in [1.82, 2.24) is 4.98 Å². The van der Waals surface area contributed by atoms with Crippen molar-refractivity contribution in [2.45, 2.75) is 0 Å². The molecule has 2 aromatic rings. The molecule has 2 rings (SSSR count). The summed E-state index contributed by atoms with van der Waals surface area (Å²) >= 11 is 1.66. The zero-order valence-corrected chi connectivity index (χ0v) is 6.54. The topological polar surface area (TPSA) is 26.0 Å². The van der Waals surface area contributed by atoms with Gasteiger partial charge in [0.25, 0.3) is 0 Å². The molecule has 0 amide bonds. The van der Waals surface area contributed by atoms with E-state index in [1.165, 1.54) is 0 Å². The molecule has 0 bridgehead atoms. The second kappa shape index (κ2) is 2.88. The van der Waals surface area contributed by atoms with Crippen LogP contribution >= 0.6 is 11.3 Å². The van der Waals surface area contributed by atoms with E-state index in [9.17, 15) is 0 Å². The van der Waals surface area contributed by atoms with Crippen molar-refractivity contribution < 1.29 is 4.42 Å². The van der Waals surface area contributed by atoms with Gasteiger partial charge in [0.2, 0.25) is 5.89 Å². The summed E-state index contributed by atoms with van der Waals surface area (Å²) in [5.74, 6) is 0.656. The predicted octanol–water partition coefficient (Wildman–Crippen LogP) is 2.34. The molecule has 0 aliphatic carbocycles. The lowest BCUT2D eigenvalue weighted by Gasteiger charge is -1.87. The molecule has 11 heavy (non-hydrogen) atoms. The number of rotatable bonds is 2. The van der Waals surface area contributed by atoms with E-state index in [0.29, 0.717) is 5.89 Å². The zero-order chi connectivity index (χ0) is 7.52. The van der Waals surface area contributed by atoms with Gasteiger partial charge in [-0.05, 0) is 22.4 Å². The van der Waals surface area contributed by atoms with Crippen molar-refractivity contribution in [1.29, 1.82) is 0 Å². The lowest BCUT2D eigenvalue weighted by molar-refractivity contribution is 0.530. The molecule has 0 N–H and O–H groups in total. The van der Waals surface area contributed by atoms with E-state index < -0.39 is 0 Å². The van der Waals surface area contributed by atoms with E-state index >= 15 is 0 Å². The summed E-state index contributed by atoms with van der Waals surface area (Å²) in [6.45, 7) is 0. The molecule has 2 nitrogen and oxygen atoms in total. The van der Waals surface area contributed by atoms with E-state index in [4.69, 9.17) is 4.42 Å². The first-order valence-electron chi connectivity index (χ1n) is 3.21. The van der Waals surface area contributed by atoms with Crippen LogP contribution in [-0.4, -0.2) is 4.98 Å². The van der Waals surface area contributed by atoms with Crippen LogP contribution in [0.5, 0.6) is 0 Å². The SMILES string of the molecule is [CH](c1ccsc1)c1ncco1. The molecule has 0 unspecified atom stereocenters. The molecule has 0 saturated heterocycles. The van der Waals surface area contributed by atoms with Crippen LogP contribution in [0.1, 0.15) is 11.5 Å². The number of thiophene rings is 1. The van der Waals surface area contributed by atoms with E-state index in [1.54, 1.807) is 23.8 Å². The van der Waals surface area contributed by atoms with Gasteiger partial charge in [0.15, 0.2) is 0 Å². The summed E-state index contributed by atoms with van der Waals surface area (Å²) in [6.07, 6.45) is 5.10. The van der Waals surface area contributed by atoms with Gasteiger partial charge in [0.1, 0.15) is 6.26 Å². The van der Waals surface area contributed by atoms with Gasteiger partial charge in [0, 0.05) is 0 Å². The first kappa shape index (κ1) is 6.61. The lowest BCUT2D eigenvalue weighted by Crippen LogP contribution is -1.79. The Kier molecular flexibility index (Phi) is 1.73. The zero-order valence-electron chi connectivity index (χ0n) is 5.73. The fraction of sp³-hybridized carbons (Fsp3) is 0. The second-order valence-corrected chi connectivity index (χ2v) is 2.85. The number of hydrogen-bond donors (Lipinski definition) is 0. The fourth-order valence-electron chi connectivity index (χ4n) is 0.805. The molecule has 3 heteroatoms. The van der Waals surface area contributed by atoms with Crippen LogP contribution in [-0.2, 0) is 0 Å². The van der Waals surface area contributed by atoms with Crippen LogP contribution < -0.4 is 0 Å². The van der Waals surface area contributed by atoms with Gasteiger partial charge >= 0.3 is 0 Å². The molecule has 1 radical (unpaired) electrons. The summed E-state index contributed by atoms with van der Waals surface area (Å²) in [5, 5.41) is 4.07. The van der Waals surface area contributed by atoms with Crippen molar-refractivity contribution in [3.05, 3.63) is 47.2 Å². The van der Waals surface area contributed by atoms with Gasteiger partial charge in [-0.25, -0.2) is 4.98 Å². The molecule has 2 aromatic heterocycles. The Hall–Kier alpha value is -1.09. The summed E-state index contributed by atoms with van der Waals surface area (Å²) in [6, 6.07) is 2.02. The van der Waals surface area contributed by atoms with Crippen LogP contribution in [0.25, 0.3) is 0 Å². The maximum Gasteiger partial charge on any atom is 0.202 e. The predicted molar refractivity (Wildman–Crippen MR) is 43.3 cm³/mol. The smallest absolute Gasteiger partial charge is 0.202 e. The maximum absolute atomic E-state index is 5.04. The van der Waals surface area contributed by atoms with Crippen molar-refractivity contribution in [2.75, 3.05) is 0 Å². The van der Waals surface area contributed by atoms with Crippen LogP contribution in [0, 0.1) is 6.42 Å². The molecule has 0 saturated carbocycles. The summed E-state index contributed by atoms with van der Waals surface area (Å²) in [4.78, 5) is 3.97. The molecule has 0 spiro atoms. The summed E-state index contributed by atoms with van der Waals surface area (Å²) in [7, 11) is 0. The third kappa shape index (κ3) is 1.49. The lowest BCUT2D eigenvalue weighted by atomic mass is 10.2. The van der Waals surface area contributed by atoms with Gasteiger partial charge in [-0.1, -0.05) is 0 Å². The van der Waals surface area contributed by atoms with Crippen LogP contribution in [0.15, 0.2) is 33.7 Å². The highest BCUT2D eigenvalue weighted by Gasteiger charge is 1.99. The molecule has 0 aliphatic rings. The molecule has 0 fully saturated rings. The van der Waals surface area contributed by atoms with Gasteiger partial charge in [-0.2, -0.15) is 11.3 Å². The number of nitrogens with zero attached hydrogens (tertiary/aromatic N) is 1. The van der Waals surface area contributed by atoms with E-state index in [0.717, 1.165) is 5.56 Å².